The standard InChI is InChI=1S/C16H24N4/c1-3-9-19-10-7-13(8-11-19)20-15-12(2)5-4-6-14(15)18-16(20)17/h4-6,13H,3,7-11H2,1-2H3,(H2,17,18). The van der Waals surface area contributed by atoms with Crippen LogP contribution >= 0.6 is 0 Å². The highest BCUT2D eigenvalue weighted by molar-refractivity contribution is 5.81. The predicted molar refractivity (Wildman–Crippen MR) is 83.9 cm³/mol. The third-order valence-electron chi connectivity index (χ3n) is 4.40. The van der Waals surface area contributed by atoms with Crippen molar-refractivity contribution in [3.8, 4) is 0 Å². The van der Waals surface area contributed by atoms with Crippen LogP contribution in [0.4, 0.5) is 5.95 Å². The van der Waals surface area contributed by atoms with Gasteiger partial charge < -0.3 is 15.2 Å². The van der Waals surface area contributed by atoms with Crippen LogP contribution in [0.5, 0.6) is 0 Å². The molecule has 0 amide bonds. The normalized spacial score (nSPS) is 17.9. The van der Waals surface area contributed by atoms with Crippen LogP contribution in [-0.2, 0) is 0 Å². The van der Waals surface area contributed by atoms with Gasteiger partial charge in [-0.1, -0.05) is 19.1 Å². The van der Waals surface area contributed by atoms with Crippen molar-refractivity contribution in [1.29, 1.82) is 0 Å². The first-order chi connectivity index (χ1) is 9.70. The van der Waals surface area contributed by atoms with E-state index < -0.39 is 0 Å². The lowest BCUT2D eigenvalue weighted by Crippen LogP contribution is -2.35. The highest BCUT2D eigenvalue weighted by Gasteiger charge is 2.23. The number of likely N-dealkylation sites (tertiary alicyclic amines) is 1. The predicted octanol–water partition coefficient (Wildman–Crippen LogP) is 2.97. The van der Waals surface area contributed by atoms with Gasteiger partial charge >= 0.3 is 0 Å². The number of imidazole rings is 1. The van der Waals surface area contributed by atoms with Gasteiger partial charge in [0.2, 0.25) is 5.95 Å². The van der Waals surface area contributed by atoms with Gasteiger partial charge in [-0.05, 0) is 44.4 Å². The number of hydrogen-bond acceptors (Lipinski definition) is 3. The molecule has 1 aliphatic heterocycles. The lowest BCUT2D eigenvalue weighted by atomic mass is 10.0. The summed E-state index contributed by atoms with van der Waals surface area (Å²) in [5.41, 5.74) is 9.70. The second-order valence-corrected chi connectivity index (χ2v) is 5.86. The summed E-state index contributed by atoms with van der Waals surface area (Å²) in [6, 6.07) is 6.75. The van der Waals surface area contributed by atoms with Gasteiger partial charge in [0.05, 0.1) is 11.0 Å². The molecule has 1 aliphatic rings. The Balaban J connectivity index is 1.90. The molecule has 1 aromatic carbocycles. The number of nitrogens with zero attached hydrogens (tertiary/aromatic N) is 3. The molecular formula is C16H24N4. The summed E-state index contributed by atoms with van der Waals surface area (Å²) in [7, 11) is 0. The molecule has 0 atom stereocenters. The van der Waals surface area contributed by atoms with E-state index in [1.807, 2.05) is 0 Å². The van der Waals surface area contributed by atoms with Crippen molar-refractivity contribution in [1.82, 2.24) is 14.5 Å². The van der Waals surface area contributed by atoms with E-state index in [2.05, 4.69) is 46.5 Å². The first-order valence-corrected chi connectivity index (χ1v) is 7.66. The van der Waals surface area contributed by atoms with Gasteiger partial charge in [0, 0.05) is 19.1 Å². The van der Waals surface area contributed by atoms with Gasteiger partial charge in [-0.2, -0.15) is 0 Å². The minimum Gasteiger partial charge on any atom is -0.369 e. The first kappa shape index (κ1) is 13.4. The number of nitrogen functional groups attached to an aromatic ring is 1. The number of piperidine rings is 1. The van der Waals surface area contributed by atoms with E-state index in [1.165, 1.54) is 50.0 Å². The van der Waals surface area contributed by atoms with Crippen LogP contribution in [0.3, 0.4) is 0 Å². The molecule has 4 heteroatoms. The maximum Gasteiger partial charge on any atom is 0.201 e. The van der Waals surface area contributed by atoms with Crippen molar-refractivity contribution < 1.29 is 0 Å². The fourth-order valence-electron chi connectivity index (χ4n) is 3.43. The maximum absolute atomic E-state index is 6.18. The van der Waals surface area contributed by atoms with Crippen molar-refractivity contribution in [2.24, 2.45) is 0 Å². The number of benzene rings is 1. The van der Waals surface area contributed by atoms with Crippen molar-refractivity contribution in [2.45, 2.75) is 39.2 Å². The summed E-state index contributed by atoms with van der Waals surface area (Å²) in [4.78, 5) is 7.09. The lowest BCUT2D eigenvalue weighted by molar-refractivity contribution is 0.189. The van der Waals surface area contributed by atoms with E-state index in [1.54, 1.807) is 0 Å². The summed E-state index contributed by atoms with van der Waals surface area (Å²) in [5.74, 6) is 0.670. The first-order valence-electron chi connectivity index (χ1n) is 7.66. The Morgan fingerprint density at radius 3 is 2.75 bits per heavy atom. The smallest absolute Gasteiger partial charge is 0.201 e. The third-order valence-corrected chi connectivity index (χ3v) is 4.40. The molecule has 1 fully saturated rings. The van der Waals surface area contributed by atoms with Crippen molar-refractivity contribution in [3.63, 3.8) is 0 Å². The second-order valence-electron chi connectivity index (χ2n) is 5.86. The van der Waals surface area contributed by atoms with Gasteiger partial charge in [-0.15, -0.1) is 0 Å². The highest BCUT2D eigenvalue weighted by atomic mass is 15.2. The minimum absolute atomic E-state index is 0.495. The topological polar surface area (TPSA) is 47.1 Å². The van der Waals surface area contributed by atoms with E-state index in [0.717, 1.165) is 5.52 Å². The van der Waals surface area contributed by atoms with Gasteiger partial charge in [0.25, 0.3) is 0 Å². The SMILES string of the molecule is CCCN1CCC(n2c(N)nc3cccc(C)c32)CC1. The van der Waals surface area contributed by atoms with Crippen molar-refractivity contribution in [2.75, 3.05) is 25.4 Å². The van der Waals surface area contributed by atoms with Crippen LogP contribution in [0.2, 0.25) is 0 Å². The molecule has 0 radical (unpaired) electrons. The summed E-state index contributed by atoms with van der Waals surface area (Å²) >= 11 is 0. The number of aromatic nitrogens is 2. The van der Waals surface area contributed by atoms with Crippen LogP contribution in [0.15, 0.2) is 18.2 Å². The van der Waals surface area contributed by atoms with Crippen LogP contribution in [0, 0.1) is 6.92 Å². The zero-order chi connectivity index (χ0) is 14.1. The van der Waals surface area contributed by atoms with Gasteiger partial charge in [-0.25, -0.2) is 4.98 Å². The fourth-order valence-corrected chi connectivity index (χ4v) is 3.43. The van der Waals surface area contributed by atoms with E-state index in [4.69, 9.17) is 5.73 Å². The Bertz CT molecular complexity index is 594. The Hall–Kier alpha value is -1.55. The quantitative estimate of drug-likeness (QED) is 0.934. The number of nitrogens with two attached hydrogens (primary N) is 1. The maximum atomic E-state index is 6.18. The molecule has 4 nitrogen and oxygen atoms in total. The summed E-state index contributed by atoms with van der Waals surface area (Å²) in [5, 5.41) is 0. The highest BCUT2D eigenvalue weighted by Crippen LogP contribution is 2.31. The van der Waals surface area contributed by atoms with E-state index in [-0.39, 0.29) is 0 Å². The summed E-state index contributed by atoms with van der Waals surface area (Å²) in [6.07, 6.45) is 3.58. The van der Waals surface area contributed by atoms with Crippen LogP contribution in [0.25, 0.3) is 11.0 Å². The van der Waals surface area contributed by atoms with Gasteiger partial charge in [-0.3, -0.25) is 0 Å². The summed E-state index contributed by atoms with van der Waals surface area (Å²) < 4.78 is 2.27. The van der Waals surface area contributed by atoms with Gasteiger partial charge in [0.15, 0.2) is 0 Å². The Morgan fingerprint density at radius 2 is 2.05 bits per heavy atom. The Morgan fingerprint density at radius 1 is 1.30 bits per heavy atom. The molecule has 0 aliphatic carbocycles. The number of para-hydroxylation sites is 1. The monoisotopic (exact) mass is 272 g/mol. The molecule has 3 rings (SSSR count). The minimum atomic E-state index is 0.495. The molecule has 2 heterocycles. The number of aryl methyl sites for hydroxylation is 1. The van der Waals surface area contributed by atoms with Crippen LogP contribution < -0.4 is 5.73 Å². The zero-order valence-electron chi connectivity index (χ0n) is 12.5. The summed E-state index contributed by atoms with van der Waals surface area (Å²) in [6.45, 7) is 7.95. The second kappa shape index (κ2) is 5.44. The number of rotatable bonds is 3. The molecule has 2 aromatic rings. The number of fused-ring (bicyclic) bond motifs is 1. The van der Waals surface area contributed by atoms with Crippen LogP contribution in [0.1, 0.15) is 37.8 Å². The number of anilines is 1. The molecule has 2 N–H and O–H groups in total. The van der Waals surface area contributed by atoms with Crippen LogP contribution in [-0.4, -0.2) is 34.1 Å². The molecule has 108 valence electrons. The largest absolute Gasteiger partial charge is 0.369 e. The van der Waals surface area contributed by atoms with Crippen molar-refractivity contribution >= 4 is 17.0 Å². The third kappa shape index (κ3) is 2.29. The molecular weight excluding hydrogens is 248 g/mol. The molecule has 1 saturated heterocycles. The molecule has 0 spiro atoms. The molecule has 0 unspecified atom stereocenters. The van der Waals surface area contributed by atoms with Gasteiger partial charge in [0.1, 0.15) is 0 Å². The molecule has 0 bridgehead atoms. The average molecular weight is 272 g/mol. The molecule has 1 aromatic heterocycles. The fraction of sp³-hybridized carbons (Fsp3) is 0.562. The molecule has 0 saturated carbocycles. The lowest BCUT2D eigenvalue weighted by Gasteiger charge is -2.33. The number of hydrogen-bond donors (Lipinski definition) is 1. The van der Waals surface area contributed by atoms with Crippen molar-refractivity contribution in [3.05, 3.63) is 23.8 Å². The van der Waals surface area contributed by atoms with E-state index >= 15 is 0 Å². The molecule has 20 heavy (non-hydrogen) atoms. The van der Waals surface area contributed by atoms with E-state index in [9.17, 15) is 0 Å². The average Bonchev–Trinajstić information content (AvgIpc) is 2.78. The van der Waals surface area contributed by atoms with E-state index in [0.29, 0.717) is 12.0 Å². The Labute approximate surface area is 120 Å². The zero-order valence-corrected chi connectivity index (χ0v) is 12.5. The Kier molecular flexibility index (Phi) is 3.66.